The van der Waals surface area contributed by atoms with Crippen molar-refractivity contribution in [3.8, 4) is 0 Å². The molecule has 0 aliphatic heterocycles. The van der Waals surface area contributed by atoms with Crippen molar-refractivity contribution in [2.45, 2.75) is 26.3 Å². The highest BCUT2D eigenvalue weighted by Gasteiger charge is 2.15. The van der Waals surface area contributed by atoms with Crippen LogP contribution < -0.4 is 10.6 Å². The maximum Gasteiger partial charge on any atom is 0.242 e. The van der Waals surface area contributed by atoms with Gasteiger partial charge in [-0.05, 0) is 13.3 Å². The predicted molar refractivity (Wildman–Crippen MR) is 72.7 cm³/mol. The van der Waals surface area contributed by atoms with E-state index in [2.05, 4.69) is 25.7 Å². The number of hydrogen-bond donors (Lipinski definition) is 2. The van der Waals surface area contributed by atoms with Crippen LogP contribution in [-0.2, 0) is 11.8 Å². The third-order valence-corrected chi connectivity index (χ3v) is 2.83. The Morgan fingerprint density at radius 3 is 3.00 bits per heavy atom. The van der Waals surface area contributed by atoms with Gasteiger partial charge in [-0.15, -0.1) is 0 Å². The van der Waals surface area contributed by atoms with Crippen molar-refractivity contribution >= 4 is 22.8 Å². The molecule has 1 amide bonds. The standard InChI is InChI=1S/C12H18N6O/c1-4-5-13-12(19)8(2)17-10-9-6-16-18(3)11(9)15-7-14-10/h6-8H,4-5H2,1-3H3,(H,13,19)(H,14,15,17). The second-order valence-electron chi connectivity index (χ2n) is 4.38. The molecule has 0 aromatic carbocycles. The number of carbonyl (C=O) groups excluding carboxylic acids is 1. The Kier molecular flexibility index (Phi) is 3.94. The summed E-state index contributed by atoms with van der Waals surface area (Å²) in [6.07, 6.45) is 4.07. The highest BCUT2D eigenvalue weighted by molar-refractivity contribution is 5.90. The number of rotatable bonds is 5. The molecule has 0 aliphatic carbocycles. The molecule has 7 heteroatoms. The molecule has 1 unspecified atom stereocenters. The molecule has 7 nitrogen and oxygen atoms in total. The molecular formula is C12H18N6O. The summed E-state index contributed by atoms with van der Waals surface area (Å²) in [6, 6.07) is -0.357. The largest absolute Gasteiger partial charge is 0.358 e. The Balaban J connectivity index is 2.15. The first-order valence-corrected chi connectivity index (χ1v) is 6.30. The van der Waals surface area contributed by atoms with Gasteiger partial charge in [0.1, 0.15) is 18.2 Å². The highest BCUT2D eigenvalue weighted by atomic mass is 16.2. The number of aromatic nitrogens is 4. The summed E-state index contributed by atoms with van der Waals surface area (Å²) in [5.41, 5.74) is 0.735. The van der Waals surface area contributed by atoms with Crippen LogP contribution in [0.1, 0.15) is 20.3 Å². The fraction of sp³-hybridized carbons (Fsp3) is 0.500. The van der Waals surface area contributed by atoms with E-state index < -0.39 is 0 Å². The zero-order valence-electron chi connectivity index (χ0n) is 11.3. The smallest absolute Gasteiger partial charge is 0.242 e. The molecule has 0 aliphatic rings. The van der Waals surface area contributed by atoms with Gasteiger partial charge in [-0.3, -0.25) is 9.48 Å². The number of hydrogen-bond acceptors (Lipinski definition) is 5. The average Bonchev–Trinajstić information content (AvgIpc) is 2.79. The molecule has 19 heavy (non-hydrogen) atoms. The van der Waals surface area contributed by atoms with Gasteiger partial charge in [0.25, 0.3) is 0 Å². The van der Waals surface area contributed by atoms with Crippen LogP contribution in [0.2, 0.25) is 0 Å². The minimum absolute atomic E-state index is 0.0440. The van der Waals surface area contributed by atoms with Crippen LogP contribution in [0.25, 0.3) is 11.0 Å². The van der Waals surface area contributed by atoms with Gasteiger partial charge in [0, 0.05) is 13.6 Å². The summed E-state index contributed by atoms with van der Waals surface area (Å²) in [5, 5.41) is 10.9. The van der Waals surface area contributed by atoms with Gasteiger partial charge in [0.05, 0.1) is 11.6 Å². The summed E-state index contributed by atoms with van der Waals surface area (Å²) < 4.78 is 1.67. The van der Waals surface area contributed by atoms with Gasteiger partial charge in [-0.1, -0.05) is 6.92 Å². The molecule has 1 atom stereocenters. The number of aryl methyl sites for hydroxylation is 1. The number of anilines is 1. The number of fused-ring (bicyclic) bond motifs is 1. The van der Waals surface area contributed by atoms with Crippen LogP contribution in [0.3, 0.4) is 0 Å². The highest BCUT2D eigenvalue weighted by Crippen LogP contribution is 2.18. The van der Waals surface area contributed by atoms with Crippen LogP contribution >= 0.6 is 0 Å². The Bertz CT molecular complexity index is 579. The number of nitrogens with one attached hydrogen (secondary N) is 2. The monoisotopic (exact) mass is 262 g/mol. The van der Waals surface area contributed by atoms with Crippen molar-refractivity contribution in [3.05, 3.63) is 12.5 Å². The lowest BCUT2D eigenvalue weighted by atomic mass is 10.3. The van der Waals surface area contributed by atoms with Gasteiger partial charge in [0.2, 0.25) is 5.91 Å². The molecule has 0 radical (unpaired) electrons. The molecular weight excluding hydrogens is 244 g/mol. The average molecular weight is 262 g/mol. The summed E-state index contributed by atoms with van der Waals surface area (Å²) in [6.45, 7) is 4.49. The van der Waals surface area contributed by atoms with E-state index in [1.54, 1.807) is 17.8 Å². The summed E-state index contributed by atoms with van der Waals surface area (Å²) in [5.74, 6) is 0.578. The first kappa shape index (κ1) is 13.3. The molecule has 0 saturated heterocycles. The molecule has 0 saturated carbocycles. The second kappa shape index (κ2) is 5.64. The summed E-state index contributed by atoms with van der Waals surface area (Å²) in [4.78, 5) is 20.1. The fourth-order valence-corrected chi connectivity index (χ4v) is 1.75. The SMILES string of the molecule is CCCNC(=O)C(C)Nc1ncnc2c1cnn2C. The summed E-state index contributed by atoms with van der Waals surface area (Å²) in [7, 11) is 1.82. The van der Waals surface area contributed by atoms with Crippen molar-refractivity contribution in [3.63, 3.8) is 0 Å². The van der Waals surface area contributed by atoms with Crippen LogP contribution in [0.5, 0.6) is 0 Å². The maximum absolute atomic E-state index is 11.8. The van der Waals surface area contributed by atoms with Crippen molar-refractivity contribution in [1.29, 1.82) is 0 Å². The lowest BCUT2D eigenvalue weighted by Crippen LogP contribution is -2.38. The van der Waals surface area contributed by atoms with Gasteiger partial charge in [-0.25, -0.2) is 9.97 Å². The third-order valence-electron chi connectivity index (χ3n) is 2.83. The van der Waals surface area contributed by atoms with E-state index in [0.717, 1.165) is 17.5 Å². The zero-order valence-corrected chi connectivity index (χ0v) is 11.3. The number of carbonyl (C=O) groups is 1. The molecule has 0 spiro atoms. The molecule has 2 aromatic heterocycles. The molecule has 0 bridgehead atoms. The normalized spacial score (nSPS) is 12.4. The lowest BCUT2D eigenvalue weighted by molar-refractivity contribution is -0.121. The van der Waals surface area contributed by atoms with Crippen LogP contribution in [0.15, 0.2) is 12.5 Å². The van der Waals surface area contributed by atoms with Crippen molar-refractivity contribution < 1.29 is 4.79 Å². The van der Waals surface area contributed by atoms with Gasteiger partial charge < -0.3 is 10.6 Å². The van der Waals surface area contributed by atoms with Crippen LogP contribution in [0.4, 0.5) is 5.82 Å². The van der Waals surface area contributed by atoms with Crippen LogP contribution in [0, 0.1) is 0 Å². The first-order valence-electron chi connectivity index (χ1n) is 6.30. The Morgan fingerprint density at radius 1 is 1.47 bits per heavy atom. The van der Waals surface area contributed by atoms with E-state index in [9.17, 15) is 4.79 Å². The minimum Gasteiger partial charge on any atom is -0.358 e. The molecule has 2 heterocycles. The van der Waals surface area contributed by atoms with Gasteiger partial charge in [-0.2, -0.15) is 5.10 Å². The van der Waals surface area contributed by atoms with E-state index in [0.29, 0.717) is 12.4 Å². The molecule has 102 valence electrons. The van der Waals surface area contributed by atoms with Crippen molar-refractivity contribution in [2.75, 3.05) is 11.9 Å². The zero-order chi connectivity index (χ0) is 13.8. The topological polar surface area (TPSA) is 84.7 Å². The van der Waals surface area contributed by atoms with Gasteiger partial charge >= 0.3 is 0 Å². The Morgan fingerprint density at radius 2 is 2.26 bits per heavy atom. The maximum atomic E-state index is 11.8. The minimum atomic E-state index is -0.357. The number of amides is 1. The van der Waals surface area contributed by atoms with Crippen molar-refractivity contribution in [1.82, 2.24) is 25.1 Å². The fourth-order valence-electron chi connectivity index (χ4n) is 1.75. The quantitative estimate of drug-likeness (QED) is 0.828. The Labute approximate surface area is 111 Å². The van der Waals surface area contributed by atoms with E-state index >= 15 is 0 Å². The van der Waals surface area contributed by atoms with Crippen LogP contribution in [-0.4, -0.2) is 38.2 Å². The predicted octanol–water partition coefficient (Wildman–Crippen LogP) is 0.690. The van der Waals surface area contributed by atoms with E-state index in [1.165, 1.54) is 6.33 Å². The third kappa shape index (κ3) is 2.81. The lowest BCUT2D eigenvalue weighted by Gasteiger charge is -2.14. The molecule has 2 rings (SSSR count). The van der Waals surface area contributed by atoms with Crippen molar-refractivity contribution in [2.24, 2.45) is 7.05 Å². The molecule has 2 aromatic rings. The Hall–Kier alpha value is -2.18. The second-order valence-corrected chi connectivity index (χ2v) is 4.38. The van der Waals surface area contributed by atoms with Gasteiger partial charge in [0.15, 0.2) is 5.65 Å². The first-order chi connectivity index (χ1) is 9.13. The summed E-state index contributed by atoms with van der Waals surface area (Å²) >= 11 is 0. The van der Waals surface area contributed by atoms with E-state index in [-0.39, 0.29) is 11.9 Å². The molecule has 0 fully saturated rings. The molecule has 2 N–H and O–H groups in total. The number of nitrogens with zero attached hydrogens (tertiary/aromatic N) is 4. The van der Waals surface area contributed by atoms with E-state index in [1.807, 2.05) is 14.0 Å². The van der Waals surface area contributed by atoms with E-state index in [4.69, 9.17) is 0 Å².